The van der Waals surface area contributed by atoms with Crippen LogP contribution in [0.2, 0.25) is 0 Å². The van der Waals surface area contributed by atoms with Gasteiger partial charge in [0, 0.05) is 6.07 Å². The van der Waals surface area contributed by atoms with Crippen LogP contribution in [0.25, 0.3) is 0 Å². The lowest BCUT2D eigenvalue weighted by Crippen LogP contribution is -2.27. The number of nitrogens with zero attached hydrogens (tertiary/aromatic N) is 2. The molecule has 1 amide bonds. The van der Waals surface area contributed by atoms with E-state index in [1.165, 1.54) is 6.07 Å². The molecule has 2 rings (SSSR count). The molecule has 6 nitrogen and oxygen atoms in total. The summed E-state index contributed by atoms with van der Waals surface area (Å²) in [5.41, 5.74) is -0.855. The molecule has 1 saturated heterocycles. The number of carbonyl (C=O) groups excluding carboxylic acids is 1. The Morgan fingerprint density at radius 1 is 1.53 bits per heavy atom. The van der Waals surface area contributed by atoms with Crippen LogP contribution in [0.3, 0.4) is 0 Å². The highest BCUT2D eigenvalue weighted by molar-refractivity contribution is 5.98. The highest BCUT2D eigenvalue weighted by atomic mass is 19.1. The Hall–Kier alpha value is -2.02. The molecule has 0 radical (unpaired) electrons. The lowest BCUT2D eigenvalue weighted by atomic mass is 10.2. The second kappa shape index (κ2) is 4.10. The number of nitro groups is 1. The average molecular weight is 240 g/mol. The molecule has 1 heterocycles. The van der Waals surface area contributed by atoms with Gasteiger partial charge in [-0.1, -0.05) is 6.07 Å². The van der Waals surface area contributed by atoms with E-state index in [0.717, 1.165) is 17.0 Å². The van der Waals surface area contributed by atoms with E-state index in [9.17, 15) is 24.4 Å². The zero-order valence-electron chi connectivity index (χ0n) is 8.67. The van der Waals surface area contributed by atoms with E-state index >= 15 is 0 Å². The lowest BCUT2D eigenvalue weighted by molar-refractivity contribution is -0.384. The summed E-state index contributed by atoms with van der Waals surface area (Å²) in [6.07, 6.45) is -1.06. The van der Waals surface area contributed by atoms with Crippen molar-refractivity contribution in [1.29, 1.82) is 0 Å². The minimum atomic E-state index is -0.915. The van der Waals surface area contributed by atoms with Crippen LogP contribution in [-0.4, -0.2) is 28.6 Å². The van der Waals surface area contributed by atoms with E-state index in [2.05, 4.69) is 0 Å². The zero-order chi connectivity index (χ0) is 12.6. The Labute approximate surface area is 95.4 Å². The van der Waals surface area contributed by atoms with Gasteiger partial charge < -0.3 is 10.0 Å². The summed E-state index contributed by atoms with van der Waals surface area (Å²) in [5, 5.41) is 20.1. The van der Waals surface area contributed by atoms with Crippen molar-refractivity contribution in [1.82, 2.24) is 0 Å². The van der Waals surface area contributed by atoms with Crippen molar-refractivity contribution in [2.24, 2.45) is 0 Å². The highest BCUT2D eigenvalue weighted by Crippen LogP contribution is 2.33. The molecule has 1 N–H and O–H groups in total. The number of aliphatic hydroxyl groups excluding tert-OH is 1. The first kappa shape index (κ1) is 11.5. The lowest BCUT2D eigenvalue weighted by Gasteiger charge is -2.16. The Bertz CT molecular complexity index is 491. The Morgan fingerprint density at radius 2 is 2.24 bits per heavy atom. The first-order chi connectivity index (χ1) is 8.00. The zero-order valence-corrected chi connectivity index (χ0v) is 8.67. The topological polar surface area (TPSA) is 83.7 Å². The van der Waals surface area contributed by atoms with E-state index in [-0.39, 0.29) is 18.7 Å². The second-order valence-electron chi connectivity index (χ2n) is 3.73. The monoisotopic (exact) mass is 240 g/mol. The Morgan fingerprint density at radius 3 is 2.76 bits per heavy atom. The number of β-amino-alcohol motifs (C(OH)–C–C–N with tert-alkyl or cyclic N) is 1. The summed E-state index contributed by atoms with van der Waals surface area (Å²) in [5.74, 6) is -1.37. The largest absolute Gasteiger partial charge is 0.391 e. The Kier molecular flexibility index (Phi) is 2.76. The van der Waals surface area contributed by atoms with Crippen LogP contribution in [0, 0.1) is 15.9 Å². The van der Waals surface area contributed by atoms with E-state index in [1.807, 2.05) is 0 Å². The predicted molar refractivity (Wildman–Crippen MR) is 56.0 cm³/mol. The van der Waals surface area contributed by atoms with Crippen molar-refractivity contribution < 1.29 is 19.2 Å². The van der Waals surface area contributed by atoms with Gasteiger partial charge in [0.05, 0.1) is 24.0 Å². The van der Waals surface area contributed by atoms with E-state index in [4.69, 9.17) is 0 Å². The van der Waals surface area contributed by atoms with Crippen molar-refractivity contribution >= 4 is 17.3 Å². The maximum absolute atomic E-state index is 13.6. The molecular formula is C10H9FN2O4. The maximum Gasteiger partial charge on any atom is 0.296 e. The van der Waals surface area contributed by atoms with Gasteiger partial charge in [0.15, 0.2) is 11.5 Å². The number of hydrogen-bond donors (Lipinski definition) is 1. The summed E-state index contributed by atoms with van der Waals surface area (Å²) in [4.78, 5) is 22.4. The molecule has 1 aromatic carbocycles. The van der Waals surface area contributed by atoms with Crippen LogP contribution >= 0.6 is 0 Å². The molecule has 0 saturated carbocycles. The number of aliphatic hydroxyl groups is 1. The molecule has 1 atom stereocenters. The van der Waals surface area contributed by atoms with E-state index < -0.39 is 28.4 Å². The van der Waals surface area contributed by atoms with Crippen molar-refractivity contribution in [2.45, 2.75) is 12.5 Å². The molecule has 7 heteroatoms. The number of para-hydroxylation sites is 1. The smallest absolute Gasteiger partial charge is 0.296 e. The highest BCUT2D eigenvalue weighted by Gasteiger charge is 2.35. The van der Waals surface area contributed by atoms with Gasteiger partial charge >= 0.3 is 0 Å². The Balaban J connectivity index is 2.51. The van der Waals surface area contributed by atoms with Gasteiger partial charge in [0.2, 0.25) is 5.91 Å². The molecule has 1 unspecified atom stereocenters. The van der Waals surface area contributed by atoms with Gasteiger partial charge in [0.1, 0.15) is 0 Å². The van der Waals surface area contributed by atoms with Crippen LogP contribution in [-0.2, 0) is 4.79 Å². The van der Waals surface area contributed by atoms with Gasteiger partial charge in [-0.3, -0.25) is 14.9 Å². The number of anilines is 1. The van der Waals surface area contributed by atoms with Gasteiger partial charge in [-0.25, -0.2) is 4.39 Å². The first-order valence-corrected chi connectivity index (χ1v) is 4.92. The molecule has 1 aliphatic rings. The van der Waals surface area contributed by atoms with Crippen molar-refractivity contribution in [3.05, 3.63) is 34.1 Å². The molecule has 0 aliphatic carbocycles. The number of halogens is 1. The maximum atomic E-state index is 13.6. The van der Waals surface area contributed by atoms with Gasteiger partial charge in [-0.2, -0.15) is 0 Å². The van der Waals surface area contributed by atoms with Crippen LogP contribution in [0.1, 0.15) is 6.42 Å². The molecule has 0 spiro atoms. The standard InChI is InChI=1S/C10H9FN2O4/c11-7-2-1-3-8(13(16)17)10(7)12-5-6(14)4-9(12)15/h1-3,6,14H,4-5H2. The SMILES string of the molecule is O=C1CC(O)CN1c1c(F)cccc1[N+](=O)[O-]. The predicted octanol–water partition coefficient (Wildman–Crippen LogP) is 0.832. The number of nitro benzene ring substituents is 1. The van der Waals surface area contributed by atoms with Crippen molar-refractivity contribution in [3.63, 3.8) is 0 Å². The number of carbonyl (C=O) groups is 1. The van der Waals surface area contributed by atoms with Gasteiger partial charge in [0.25, 0.3) is 5.69 Å². The van der Waals surface area contributed by atoms with E-state index in [0.29, 0.717) is 0 Å². The van der Waals surface area contributed by atoms with Gasteiger partial charge in [-0.05, 0) is 6.07 Å². The quantitative estimate of drug-likeness (QED) is 0.613. The van der Waals surface area contributed by atoms with Crippen LogP contribution in [0.5, 0.6) is 0 Å². The summed E-state index contributed by atoms with van der Waals surface area (Å²) in [6, 6.07) is 3.37. The first-order valence-electron chi connectivity index (χ1n) is 4.92. The fourth-order valence-electron chi connectivity index (χ4n) is 1.82. The molecule has 1 aromatic rings. The minimum Gasteiger partial charge on any atom is -0.391 e. The molecule has 0 aromatic heterocycles. The summed E-state index contributed by atoms with van der Waals surface area (Å²) in [7, 11) is 0. The molecule has 0 bridgehead atoms. The fraction of sp³-hybridized carbons (Fsp3) is 0.300. The molecule has 1 fully saturated rings. The fourth-order valence-corrected chi connectivity index (χ4v) is 1.82. The van der Waals surface area contributed by atoms with Crippen molar-refractivity contribution in [2.75, 3.05) is 11.4 Å². The normalized spacial score (nSPS) is 19.8. The third-order valence-corrected chi connectivity index (χ3v) is 2.54. The average Bonchev–Trinajstić information content (AvgIpc) is 2.57. The number of hydrogen-bond acceptors (Lipinski definition) is 4. The van der Waals surface area contributed by atoms with Crippen LogP contribution in [0.4, 0.5) is 15.8 Å². The number of amides is 1. The van der Waals surface area contributed by atoms with Crippen molar-refractivity contribution in [3.8, 4) is 0 Å². The second-order valence-corrected chi connectivity index (χ2v) is 3.73. The summed E-state index contributed by atoms with van der Waals surface area (Å²) >= 11 is 0. The molecule has 1 aliphatic heterocycles. The molecular weight excluding hydrogens is 231 g/mol. The molecule has 17 heavy (non-hydrogen) atoms. The van der Waals surface area contributed by atoms with Gasteiger partial charge in [-0.15, -0.1) is 0 Å². The number of benzene rings is 1. The van der Waals surface area contributed by atoms with E-state index in [1.54, 1.807) is 0 Å². The minimum absolute atomic E-state index is 0.124. The third kappa shape index (κ3) is 1.96. The molecule has 90 valence electrons. The number of rotatable bonds is 2. The van der Waals surface area contributed by atoms with Crippen LogP contribution in [0.15, 0.2) is 18.2 Å². The van der Waals surface area contributed by atoms with Crippen LogP contribution < -0.4 is 4.90 Å². The third-order valence-electron chi connectivity index (χ3n) is 2.54. The summed E-state index contributed by atoms with van der Waals surface area (Å²) in [6.45, 7) is -0.124. The summed E-state index contributed by atoms with van der Waals surface area (Å²) < 4.78 is 13.6.